The van der Waals surface area contributed by atoms with Gasteiger partial charge in [-0.15, -0.1) is 0 Å². The first-order valence-electron chi connectivity index (χ1n) is 18.9. The van der Waals surface area contributed by atoms with Crippen LogP contribution in [-0.4, -0.2) is 67.9 Å². The summed E-state index contributed by atoms with van der Waals surface area (Å²) in [7, 11) is 0. The van der Waals surface area contributed by atoms with E-state index in [4.69, 9.17) is 9.97 Å². The number of nitrogens with zero attached hydrogens (tertiary/aromatic N) is 5. The largest absolute Gasteiger partial charge is 0.341 e. The Morgan fingerprint density at radius 3 is 2.38 bits per heavy atom. The number of fused-ring (bicyclic) bond motifs is 2. The van der Waals surface area contributed by atoms with E-state index in [1.165, 1.54) is 31.4 Å². The lowest BCUT2D eigenvalue weighted by Crippen LogP contribution is -2.64. The third-order valence-corrected chi connectivity index (χ3v) is 12.3. The summed E-state index contributed by atoms with van der Waals surface area (Å²) in [5.41, 5.74) is 2.82. The van der Waals surface area contributed by atoms with Crippen LogP contribution in [0.25, 0.3) is 22.3 Å². The Labute approximate surface area is 308 Å². The molecule has 0 bridgehead atoms. The van der Waals surface area contributed by atoms with Crippen LogP contribution in [0.3, 0.4) is 0 Å². The summed E-state index contributed by atoms with van der Waals surface area (Å²) >= 11 is 0. The van der Waals surface area contributed by atoms with Gasteiger partial charge >= 0.3 is 0 Å². The van der Waals surface area contributed by atoms with Crippen LogP contribution in [-0.2, 0) is 10.2 Å². The van der Waals surface area contributed by atoms with E-state index in [1.54, 1.807) is 13.3 Å². The van der Waals surface area contributed by atoms with E-state index in [2.05, 4.69) is 22.5 Å². The average Bonchev–Trinajstić information content (AvgIpc) is 3.71. The van der Waals surface area contributed by atoms with Crippen molar-refractivity contribution in [2.75, 3.05) is 23.3 Å². The van der Waals surface area contributed by atoms with Gasteiger partial charge in [-0.2, -0.15) is 0 Å². The van der Waals surface area contributed by atoms with Crippen molar-refractivity contribution in [3.8, 4) is 11.3 Å². The van der Waals surface area contributed by atoms with Gasteiger partial charge in [0.05, 0.1) is 28.6 Å². The predicted octanol–water partition coefficient (Wildman–Crippen LogP) is 8.43. The third-order valence-electron chi connectivity index (χ3n) is 12.3. The molecule has 2 aromatic carbocycles. The van der Waals surface area contributed by atoms with Crippen LogP contribution in [0.4, 0.5) is 30.4 Å². The molecule has 280 valence electrons. The highest BCUT2D eigenvalue weighted by Crippen LogP contribution is 2.51. The lowest BCUT2D eigenvalue weighted by atomic mass is 9.71. The number of imidazole rings is 1. The molecule has 4 aliphatic rings. The number of aryl methyl sites for hydroxylation is 1. The molecule has 0 radical (unpaired) electrons. The van der Waals surface area contributed by atoms with Crippen molar-refractivity contribution in [3.05, 3.63) is 65.2 Å². The normalized spacial score (nSPS) is 23.4. The van der Waals surface area contributed by atoms with Crippen molar-refractivity contribution < 1.29 is 22.8 Å². The molecule has 8 rings (SSSR count). The number of piperidine rings is 1. The fourth-order valence-electron chi connectivity index (χ4n) is 8.79. The molecule has 4 heterocycles. The van der Waals surface area contributed by atoms with Crippen molar-refractivity contribution in [2.24, 2.45) is 0 Å². The lowest BCUT2D eigenvalue weighted by Gasteiger charge is -2.55. The summed E-state index contributed by atoms with van der Waals surface area (Å²) in [6.07, 6.45) is 5.00. The Kier molecular flexibility index (Phi) is 8.43. The van der Waals surface area contributed by atoms with E-state index in [9.17, 15) is 18.4 Å². The van der Waals surface area contributed by atoms with E-state index in [-0.39, 0.29) is 47.6 Å². The number of anilines is 3. The zero-order chi connectivity index (χ0) is 37.6. The molecule has 0 atom stereocenters. The monoisotopic (exact) mass is 727 g/mol. The minimum atomic E-state index is -2.69. The number of alkyl halides is 2. The van der Waals surface area contributed by atoms with Crippen LogP contribution in [0, 0.1) is 12.7 Å². The molecule has 2 saturated carbocycles. The number of nitrogens with one attached hydrogen (secondary N) is 2. The molecule has 2 aliphatic heterocycles. The predicted molar refractivity (Wildman–Crippen MR) is 201 cm³/mol. The molecule has 2 N–H and O–H groups in total. The molecule has 2 amide bonds. The fraction of sp³-hybridized carbons (Fsp3) is 0.512. The summed E-state index contributed by atoms with van der Waals surface area (Å²) in [6, 6.07) is 10.6. The SMILES string of the molecule is Cc1cc(F)c(Nc2nc(-c3ccc4c(c3)N(C3CC(C)(N5CCCCC5)C3)C(=O)C4(C)C)cc3ncn(C(C)C)c23)cc1C(=O)NC1(C(F)F)CC1. The molecule has 2 aliphatic carbocycles. The second-order valence-electron chi connectivity index (χ2n) is 16.8. The molecule has 3 fully saturated rings. The van der Waals surface area contributed by atoms with Crippen LogP contribution in [0.15, 0.2) is 42.7 Å². The van der Waals surface area contributed by atoms with Crippen molar-refractivity contribution in [2.45, 2.75) is 121 Å². The van der Waals surface area contributed by atoms with Crippen molar-refractivity contribution >= 4 is 40.0 Å². The zero-order valence-corrected chi connectivity index (χ0v) is 31.3. The van der Waals surface area contributed by atoms with Gasteiger partial charge < -0.3 is 20.1 Å². The fourth-order valence-corrected chi connectivity index (χ4v) is 8.79. The first-order chi connectivity index (χ1) is 25.1. The summed E-state index contributed by atoms with van der Waals surface area (Å²) in [4.78, 5) is 41.6. The Morgan fingerprint density at radius 2 is 1.72 bits per heavy atom. The van der Waals surface area contributed by atoms with Crippen LogP contribution in [0.1, 0.15) is 107 Å². The zero-order valence-electron chi connectivity index (χ0n) is 31.3. The van der Waals surface area contributed by atoms with E-state index >= 15 is 4.39 Å². The maximum absolute atomic E-state index is 15.7. The Balaban J connectivity index is 1.16. The molecule has 4 aromatic rings. The summed E-state index contributed by atoms with van der Waals surface area (Å²) in [5.74, 6) is -0.858. The number of hydrogen-bond acceptors (Lipinski definition) is 6. The van der Waals surface area contributed by atoms with E-state index in [0.29, 0.717) is 28.1 Å². The molecule has 0 unspecified atom stereocenters. The highest BCUT2D eigenvalue weighted by Gasteiger charge is 2.54. The number of rotatable bonds is 9. The smallest absolute Gasteiger partial charge is 0.261 e. The van der Waals surface area contributed by atoms with Gasteiger partial charge in [-0.05, 0) is 129 Å². The van der Waals surface area contributed by atoms with Gasteiger partial charge in [-0.3, -0.25) is 14.5 Å². The topological polar surface area (TPSA) is 95.4 Å². The van der Waals surface area contributed by atoms with E-state index in [0.717, 1.165) is 42.7 Å². The number of halogens is 3. The van der Waals surface area contributed by atoms with Gasteiger partial charge in [-0.1, -0.05) is 18.6 Å². The second kappa shape index (κ2) is 12.6. The molecule has 0 spiro atoms. The van der Waals surface area contributed by atoms with Gasteiger partial charge in [0.25, 0.3) is 12.3 Å². The van der Waals surface area contributed by atoms with Gasteiger partial charge in [0.15, 0.2) is 5.82 Å². The first-order valence-corrected chi connectivity index (χ1v) is 18.9. The Hall–Kier alpha value is -4.45. The Bertz CT molecular complexity index is 2130. The van der Waals surface area contributed by atoms with Crippen LogP contribution >= 0.6 is 0 Å². The number of aromatic nitrogens is 3. The quantitative estimate of drug-likeness (QED) is 0.180. The first kappa shape index (κ1) is 35.6. The number of hydrogen-bond donors (Lipinski definition) is 2. The summed E-state index contributed by atoms with van der Waals surface area (Å²) in [6.45, 7) is 14.1. The number of pyridine rings is 1. The maximum atomic E-state index is 15.7. The molecule has 9 nitrogen and oxygen atoms in total. The number of amides is 2. The van der Waals surface area contributed by atoms with Crippen LogP contribution in [0.5, 0.6) is 0 Å². The minimum Gasteiger partial charge on any atom is -0.341 e. The molecule has 53 heavy (non-hydrogen) atoms. The van der Waals surface area contributed by atoms with Crippen LogP contribution < -0.4 is 15.5 Å². The van der Waals surface area contributed by atoms with Crippen molar-refractivity contribution in [3.63, 3.8) is 0 Å². The van der Waals surface area contributed by atoms with Crippen LogP contribution in [0.2, 0.25) is 0 Å². The molecule has 12 heteroatoms. The average molecular weight is 728 g/mol. The lowest BCUT2D eigenvalue weighted by molar-refractivity contribution is -0.123. The van der Waals surface area contributed by atoms with Gasteiger partial charge in [0, 0.05) is 34.4 Å². The third kappa shape index (κ3) is 5.88. The number of likely N-dealkylation sites (tertiary alicyclic amines) is 1. The molecular formula is C41H48F3N7O2. The van der Waals surface area contributed by atoms with Gasteiger partial charge in [-0.25, -0.2) is 23.1 Å². The standard InChI is InChI=1S/C41H48F3N7O2/c1-23(2)50-22-45-32-19-30(46-35(34(32)50)47-31-18-27(24(3)16-29(31)42)36(52)48-41(12-13-41)37(43)44)25-10-11-28-33(17-25)51(38(53)39(28,4)5)26-20-40(6,21-26)49-14-8-7-9-15-49/h10-11,16-19,22-23,26,37H,7-9,12-15,20-21H2,1-6H3,(H,46,47)(H,48,52). The highest BCUT2D eigenvalue weighted by atomic mass is 19.3. The maximum Gasteiger partial charge on any atom is 0.261 e. The minimum absolute atomic E-state index is 0.00127. The van der Waals surface area contributed by atoms with E-state index in [1.807, 2.05) is 61.4 Å². The second-order valence-corrected chi connectivity index (χ2v) is 16.8. The van der Waals surface area contributed by atoms with Gasteiger partial charge in [0.1, 0.15) is 16.9 Å². The Morgan fingerprint density at radius 1 is 1.00 bits per heavy atom. The molecule has 1 saturated heterocycles. The highest BCUT2D eigenvalue weighted by molar-refractivity contribution is 6.09. The molecular weight excluding hydrogens is 679 g/mol. The van der Waals surface area contributed by atoms with Crippen molar-refractivity contribution in [1.29, 1.82) is 0 Å². The van der Waals surface area contributed by atoms with Crippen molar-refractivity contribution in [1.82, 2.24) is 24.8 Å². The number of benzene rings is 2. The van der Waals surface area contributed by atoms with Gasteiger partial charge in [0.2, 0.25) is 5.91 Å². The number of carbonyl (C=O) groups excluding carboxylic acids is 2. The summed E-state index contributed by atoms with van der Waals surface area (Å²) < 4.78 is 44.9. The number of carbonyl (C=O) groups is 2. The summed E-state index contributed by atoms with van der Waals surface area (Å²) in [5, 5.41) is 5.63. The molecule has 2 aromatic heterocycles. The van der Waals surface area contributed by atoms with E-state index < -0.39 is 29.1 Å².